The molecule has 1 aromatic carbocycles. The predicted molar refractivity (Wildman–Crippen MR) is 72.1 cm³/mol. The maximum Gasteiger partial charge on any atom is 0.416 e. The van der Waals surface area contributed by atoms with E-state index in [-0.39, 0.29) is 17.6 Å². The minimum Gasteiger partial charge on any atom is -0.366 e. The highest BCUT2D eigenvalue weighted by atomic mass is 19.4. The maximum atomic E-state index is 12.7. The van der Waals surface area contributed by atoms with Crippen molar-refractivity contribution < 1.29 is 18.1 Å². The third-order valence-electron chi connectivity index (χ3n) is 3.81. The second kappa shape index (κ2) is 5.51. The number of hydrogen-bond acceptors (Lipinski definition) is 4. The fourth-order valence-corrected chi connectivity index (χ4v) is 2.55. The lowest BCUT2D eigenvalue weighted by Gasteiger charge is -2.20. The number of alkyl halides is 3. The molecule has 2 N–H and O–H groups in total. The van der Waals surface area contributed by atoms with Gasteiger partial charge in [0.2, 0.25) is 0 Å². The van der Waals surface area contributed by atoms with Gasteiger partial charge in [0.25, 0.3) is 5.69 Å². The number of hydrogen-bond donors (Lipinski definition) is 1. The minimum absolute atomic E-state index is 0.0523. The zero-order valence-corrected chi connectivity index (χ0v) is 11.4. The summed E-state index contributed by atoms with van der Waals surface area (Å²) in [5, 5.41) is 11.1. The normalized spacial score (nSPS) is 20.6. The van der Waals surface area contributed by atoms with Crippen molar-refractivity contribution in [1.82, 2.24) is 0 Å². The summed E-state index contributed by atoms with van der Waals surface area (Å²) in [4.78, 5) is 12.0. The first-order valence-corrected chi connectivity index (χ1v) is 6.56. The fourth-order valence-electron chi connectivity index (χ4n) is 2.55. The maximum absolute atomic E-state index is 12.7. The molecule has 0 aliphatic carbocycles. The quantitative estimate of drug-likeness (QED) is 0.688. The number of nitro benzene ring substituents is 1. The highest BCUT2D eigenvalue weighted by Gasteiger charge is 2.35. The van der Waals surface area contributed by atoms with Gasteiger partial charge in [0.15, 0.2) is 0 Å². The molecule has 0 bridgehead atoms. The van der Waals surface area contributed by atoms with E-state index in [9.17, 15) is 23.3 Å². The first-order chi connectivity index (χ1) is 9.70. The van der Waals surface area contributed by atoms with Crippen LogP contribution in [0.3, 0.4) is 0 Å². The van der Waals surface area contributed by atoms with E-state index in [0.29, 0.717) is 19.2 Å². The molecule has 116 valence electrons. The van der Waals surface area contributed by atoms with E-state index >= 15 is 0 Å². The smallest absolute Gasteiger partial charge is 0.366 e. The Morgan fingerprint density at radius 1 is 1.48 bits per heavy atom. The summed E-state index contributed by atoms with van der Waals surface area (Å²) < 4.78 is 38.0. The number of nitrogens with two attached hydrogens (primary N) is 1. The fraction of sp³-hybridized carbons (Fsp3) is 0.538. The van der Waals surface area contributed by atoms with E-state index in [2.05, 4.69) is 0 Å². The highest BCUT2D eigenvalue weighted by molar-refractivity contribution is 5.65. The molecule has 8 heteroatoms. The molecular formula is C13H16F3N3O2. The van der Waals surface area contributed by atoms with Gasteiger partial charge >= 0.3 is 6.18 Å². The first-order valence-electron chi connectivity index (χ1n) is 6.56. The second-order valence-electron chi connectivity index (χ2n) is 5.31. The monoisotopic (exact) mass is 303 g/mol. The predicted octanol–water partition coefficient (Wildman–Crippen LogP) is 2.79. The van der Waals surface area contributed by atoms with Gasteiger partial charge in [-0.25, -0.2) is 0 Å². The molecule has 1 fully saturated rings. The summed E-state index contributed by atoms with van der Waals surface area (Å²) in [6.07, 6.45) is -3.82. The standard InChI is InChI=1S/C13H16F3N3O2/c1-8(17)9-4-5-18(7-9)11-3-2-10(13(14,15)16)6-12(11)19(20)21/h2-3,6,8-9H,4-5,7,17H2,1H3. The van der Waals surface area contributed by atoms with Crippen LogP contribution in [0.25, 0.3) is 0 Å². The molecule has 0 aromatic heterocycles. The van der Waals surface area contributed by atoms with Gasteiger partial charge in [0.1, 0.15) is 5.69 Å². The van der Waals surface area contributed by atoms with Crippen LogP contribution in [0.4, 0.5) is 24.5 Å². The van der Waals surface area contributed by atoms with E-state index in [1.54, 1.807) is 4.90 Å². The lowest BCUT2D eigenvalue weighted by molar-refractivity contribution is -0.384. The molecule has 0 saturated carbocycles. The Kier molecular flexibility index (Phi) is 4.08. The molecule has 1 aromatic rings. The van der Waals surface area contributed by atoms with Gasteiger partial charge in [0.05, 0.1) is 10.5 Å². The van der Waals surface area contributed by atoms with Crippen molar-refractivity contribution in [3.63, 3.8) is 0 Å². The molecule has 2 rings (SSSR count). The lowest BCUT2D eigenvalue weighted by Crippen LogP contribution is -2.30. The van der Waals surface area contributed by atoms with Crippen LogP contribution in [0, 0.1) is 16.0 Å². The summed E-state index contributed by atoms with van der Waals surface area (Å²) >= 11 is 0. The van der Waals surface area contributed by atoms with Crippen LogP contribution in [-0.2, 0) is 6.18 Å². The SMILES string of the molecule is CC(N)C1CCN(c2ccc(C(F)(F)F)cc2[N+](=O)[O-])C1. The molecule has 2 unspecified atom stereocenters. The van der Waals surface area contributed by atoms with Crippen molar-refractivity contribution >= 4 is 11.4 Å². The molecule has 5 nitrogen and oxygen atoms in total. The lowest BCUT2D eigenvalue weighted by atomic mass is 10.0. The summed E-state index contributed by atoms with van der Waals surface area (Å²) in [6.45, 7) is 2.93. The largest absolute Gasteiger partial charge is 0.416 e. The topological polar surface area (TPSA) is 72.4 Å². The summed E-state index contributed by atoms with van der Waals surface area (Å²) in [6, 6.07) is 2.59. The van der Waals surface area contributed by atoms with Gasteiger partial charge < -0.3 is 10.6 Å². The van der Waals surface area contributed by atoms with Crippen LogP contribution in [0.5, 0.6) is 0 Å². The van der Waals surface area contributed by atoms with Crippen LogP contribution in [0.15, 0.2) is 18.2 Å². The number of anilines is 1. The number of benzene rings is 1. The Morgan fingerprint density at radius 2 is 2.14 bits per heavy atom. The summed E-state index contributed by atoms with van der Waals surface area (Å²) in [5.41, 5.74) is 4.49. The number of rotatable bonds is 3. The van der Waals surface area contributed by atoms with Gasteiger partial charge in [-0.1, -0.05) is 0 Å². The molecule has 1 aliphatic heterocycles. The van der Waals surface area contributed by atoms with Crippen molar-refractivity contribution in [2.45, 2.75) is 25.6 Å². The Hall–Kier alpha value is -1.83. The molecular weight excluding hydrogens is 287 g/mol. The van der Waals surface area contributed by atoms with Gasteiger partial charge in [-0.15, -0.1) is 0 Å². The van der Waals surface area contributed by atoms with Gasteiger partial charge in [-0.2, -0.15) is 13.2 Å². The van der Waals surface area contributed by atoms with Crippen molar-refractivity contribution in [2.75, 3.05) is 18.0 Å². The average molecular weight is 303 g/mol. The molecule has 0 amide bonds. The Labute approximate surface area is 119 Å². The average Bonchev–Trinajstić information content (AvgIpc) is 2.86. The van der Waals surface area contributed by atoms with E-state index in [1.807, 2.05) is 6.92 Å². The number of halogens is 3. The molecule has 1 heterocycles. The summed E-state index contributed by atoms with van der Waals surface area (Å²) in [7, 11) is 0. The molecule has 1 aliphatic rings. The third-order valence-corrected chi connectivity index (χ3v) is 3.81. The second-order valence-corrected chi connectivity index (χ2v) is 5.31. The van der Waals surface area contributed by atoms with Gasteiger partial charge in [0, 0.05) is 25.2 Å². The van der Waals surface area contributed by atoms with Crippen LogP contribution in [-0.4, -0.2) is 24.1 Å². The molecule has 0 radical (unpaired) electrons. The van der Waals surface area contributed by atoms with Crippen LogP contribution >= 0.6 is 0 Å². The van der Waals surface area contributed by atoms with E-state index in [0.717, 1.165) is 12.5 Å². The Morgan fingerprint density at radius 3 is 2.62 bits per heavy atom. The van der Waals surface area contributed by atoms with Crippen LogP contribution in [0.1, 0.15) is 18.9 Å². The van der Waals surface area contributed by atoms with Gasteiger partial charge in [-0.05, 0) is 31.4 Å². The van der Waals surface area contributed by atoms with Crippen molar-refractivity contribution in [1.29, 1.82) is 0 Å². The summed E-state index contributed by atoms with van der Waals surface area (Å²) in [5.74, 6) is 0.187. The van der Waals surface area contributed by atoms with E-state index in [1.165, 1.54) is 6.07 Å². The van der Waals surface area contributed by atoms with Crippen LogP contribution < -0.4 is 10.6 Å². The third kappa shape index (κ3) is 3.26. The van der Waals surface area contributed by atoms with E-state index in [4.69, 9.17) is 5.73 Å². The Balaban J connectivity index is 2.34. The van der Waals surface area contributed by atoms with Crippen molar-refractivity contribution in [3.8, 4) is 0 Å². The van der Waals surface area contributed by atoms with Crippen molar-refractivity contribution in [2.24, 2.45) is 11.7 Å². The number of nitro groups is 1. The molecule has 1 saturated heterocycles. The Bertz CT molecular complexity index is 546. The van der Waals surface area contributed by atoms with Crippen LogP contribution in [0.2, 0.25) is 0 Å². The van der Waals surface area contributed by atoms with Gasteiger partial charge in [-0.3, -0.25) is 10.1 Å². The highest BCUT2D eigenvalue weighted by Crippen LogP contribution is 2.38. The number of nitrogens with zero attached hydrogens (tertiary/aromatic N) is 2. The van der Waals surface area contributed by atoms with E-state index < -0.39 is 22.4 Å². The van der Waals surface area contributed by atoms with Crippen molar-refractivity contribution in [3.05, 3.63) is 33.9 Å². The molecule has 2 atom stereocenters. The zero-order valence-electron chi connectivity index (χ0n) is 11.4. The zero-order chi connectivity index (χ0) is 15.8. The molecule has 0 spiro atoms. The minimum atomic E-state index is -4.59. The first kappa shape index (κ1) is 15.6. The molecule has 21 heavy (non-hydrogen) atoms.